The molecule has 1 rings (SSSR count). The second-order valence-corrected chi connectivity index (χ2v) is 5.20. The molecular formula is C13H18F3NO. The van der Waals surface area contributed by atoms with Gasteiger partial charge < -0.3 is 10.1 Å². The minimum Gasteiger partial charge on any atom is -0.406 e. The molecule has 0 aromatic heterocycles. The molecule has 2 nitrogen and oxygen atoms in total. The van der Waals surface area contributed by atoms with E-state index in [4.69, 9.17) is 0 Å². The summed E-state index contributed by atoms with van der Waals surface area (Å²) in [6, 6.07) is 6.02. The maximum Gasteiger partial charge on any atom is 0.573 e. The topological polar surface area (TPSA) is 21.3 Å². The molecule has 0 fully saturated rings. The fraction of sp³-hybridized carbons (Fsp3) is 0.538. The van der Waals surface area contributed by atoms with E-state index in [2.05, 4.69) is 30.8 Å². The second-order valence-electron chi connectivity index (χ2n) is 5.20. The molecule has 102 valence electrons. The first-order valence-electron chi connectivity index (χ1n) is 5.66. The van der Waals surface area contributed by atoms with Crippen molar-refractivity contribution in [2.75, 3.05) is 7.05 Å². The van der Waals surface area contributed by atoms with E-state index < -0.39 is 6.36 Å². The Labute approximate surface area is 105 Å². The number of rotatable bonds is 3. The lowest BCUT2D eigenvalue weighted by atomic mass is 9.82. The maximum absolute atomic E-state index is 12.0. The monoisotopic (exact) mass is 261 g/mol. The van der Waals surface area contributed by atoms with Crippen molar-refractivity contribution in [1.29, 1.82) is 0 Å². The highest BCUT2D eigenvalue weighted by Crippen LogP contribution is 2.33. The van der Waals surface area contributed by atoms with Gasteiger partial charge in [0.25, 0.3) is 0 Å². The Morgan fingerprint density at radius 3 is 1.89 bits per heavy atom. The molecule has 0 aliphatic heterocycles. The molecule has 0 aliphatic rings. The van der Waals surface area contributed by atoms with Gasteiger partial charge in [0.05, 0.1) is 0 Å². The highest BCUT2D eigenvalue weighted by atomic mass is 19.4. The molecule has 18 heavy (non-hydrogen) atoms. The van der Waals surface area contributed by atoms with Crippen molar-refractivity contribution in [2.24, 2.45) is 5.41 Å². The van der Waals surface area contributed by atoms with Crippen molar-refractivity contribution >= 4 is 0 Å². The zero-order valence-corrected chi connectivity index (χ0v) is 10.9. The highest BCUT2D eigenvalue weighted by Gasteiger charge is 2.31. The van der Waals surface area contributed by atoms with Crippen LogP contribution in [0.15, 0.2) is 24.3 Å². The molecule has 0 saturated heterocycles. The third kappa shape index (κ3) is 4.22. The van der Waals surface area contributed by atoms with Crippen LogP contribution in [-0.2, 0) is 0 Å². The van der Waals surface area contributed by atoms with E-state index in [0.717, 1.165) is 5.56 Å². The lowest BCUT2D eigenvalue weighted by Crippen LogP contribution is -2.29. The van der Waals surface area contributed by atoms with Gasteiger partial charge in [-0.3, -0.25) is 0 Å². The Bertz CT molecular complexity index is 379. The first-order chi connectivity index (χ1) is 8.13. The van der Waals surface area contributed by atoms with Gasteiger partial charge in [-0.25, -0.2) is 0 Å². The highest BCUT2D eigenvalue weighted by molar-refractivity contribution is 5.30. The summed E-state index contributed by atoms with van der Waals surface area (Å²) in [5.74, 6) is -0.199. The smallest absolute Gasteiger partial charge is 0.406 e. The average Bonchev–Trinajstić information content (AvgIpc) is 2.17. The summed E-state index contributed by atoms with van der Waals surface area (Å²) in [6.07, 6.45) is -4.64. The fourth-order valence-corrected chi connectivity index (χ4v) is 1.96. The number of alkyl halides is 3. The molecule has 0 bridgehead atoms. The quantitative estimate of drug-likeness (QED) is 0.891. The number of hydrogen-bond acceptors (Lipinski definition) is 2. The van der Waals surface area contributed by atoms with Gasteiger partial charge in [-0.1, -0.05) is 32.9 Å². The fourth-order valence-electron chi connectivity index (χ4n) is 1.96. The third-order valence-corrected chi connectivity index (χ3v) is 2.60. The van der Waals surface area contributed by atoms with E-state index >= 15 is 0 Å². The second kappa shape index (κ2) is 5.18. The van der Waals surface area contributed by atoms with E-state index in [0.29, 0.717) is 0 Å². The van der Waals surface area contributed by atoms with Crippen LogP contribution < -0.4 is 10.1 Å². The van der Waals surface area contributed by atoms with Crippen molar-refractivity contribution in [2.45, 2.75) is 33.2 Å². The van der Waals surface area contributed by atoms with Crippen LogP contribution in [0.3, 0.4) is 0 Å². The van der Waals surface area contributed by atoms with Gasteiger partial charge in [-0.15, -0.1) is 13.2 Å². The van der Waals surface area contributed by atoms with E-state index in [1.54, 1.807) is 12.1 Å². The SMILES string of the molecule is CNC(c1ccc(OC(F)(F)F)cc1)C(C)(C)C. The van der Waals surface area contributed by atoms with Crippen LogP contribution in [0.4, 0.5) is 13.2 Å². The summed E-state index contributed by atoms with van der Waals surface area (Å²) < 4.78 is 39.9. The molecule has 0 spiro atoms. The average molecular weight is 261 g/mol. The van der Waals surface area contributed by atoms with Crippen LogP contribution in [-0.4, -0.2) is 13.4 Å². The molecular weight excluding hydrogens is 243 g/mol. The number of halogens is 3. The minimum atomic E-state index is -4.64. The lowest BCUT2D eigenvalue weighted by Gasteiger charge is -2.30. The molecule has 0 saturated carbocycles. The summed E-state index contributed by atoms with van der Waals surface area (Å²) in [4.78, 5) is 0. The van der Waals surface area contributed by atoms with Crippen LogP contribution in [0.1, 0.15) is 32.4 Å². The van der Waals surface area contributed by atoms with Crippen molar-refractivity contribution in [3.8, 4) is 5.75 Å². The van der Waals surface area contributed by atoms with Gasteiger partial charge >= 0.3 is 6.36 Å². The van der Waals surface area contributed by atoms with Gasteiger partial charge in [-0.05, 0) is 30.2 Å². The van der Waals surface area contributed by atoms with Crippen LogP contribution in [0, 0.1) is 5.41 Å². The lowest BCUT2D eigenvalue weighted by molar-refractivity contribution is -0.274. The standard InChI is InChI=1S/C13H18F3NO/c1-12(2,3)11(17-4)9-5-7-10(8-6-9)18-13(14,15)16/h5-8,11,17H,1-4H3. The van der Waals surface area contributed by atoms with Crippen LogP contribution in [0.25, 0.3) is 0 Å². The molecule has 1 unspecified atom stereocenters. The normalized spacial score (nSPS) is 14.4. The predicted octanol–water partition coefficient (Wildman–Crippen LogP) is 3.89. The van der Waals surface area contributed by atoms with Gasteiger partial charge in [0, 0.05) is 6.04 Å². The van der Waals surface area contributed by atoms with E-state index in [9.17, 15) is 13.2 Å². The van der Waals surface area contributed by atoms with E-state index in [-0.39, 0.29) is 17.2 Å². The number of hydrogen-bond donors (Lipinski definition) is 1. The Hall–Kier alpha value is -1.23. The van der Waals surface area contributed by atoms with Crippen LogP contribution in [0.2, 0.25) is 0 Å². The minimum absolute atomic E-state index is 0.0266. The van der Waals surface area contributed by atoms with Crippen molar-refractivity contribution < 1.29 is 17.9 Å². The number of benzene rings is 1. The largest absolute Gasteiger partial charge is 0.573 e. The van der Waals surface area contributed by atoms with Crippen molar-refractivity contribution in [3.05, 3.63) is 29.8 Å². The molecule has 0 amide bonds. The summed E-state index contributed by atoms with van der Waals surface area (Å²) >= 11 is 0. The van der Waals surface area contributed by atoms with Crippen molar-refractivity contribution in [1.82, 2.24) is 5.32 Å². The zero-order valence-electron chi connectivity index (χ0n) is 10.9. The summed E-state index contributed by atoms with van der Waals surface area (Å²) in [5.41, 5.74) is 0.903. The molecule has 1 aromatic carbocycles. The predicted molar refractivity (Wildman–Crippen MR) is 64.4 cm³/mol. The molecule has 0 heterocycles. The zero-order chi connectivity index (χ0) is 14.0. The summed E-state index contributed by atoms with van der Waals surface area (Å²) in [5, 5.41) is 3.16. The summed E-state index contributed by atoms with van der Waals surface area (Å²) in [6.45, 7) is 6.19. The molecule has 1 aromatic rings. The van der Waals surface area contributed by atoms with Crippen LogP contribution >= 0.6 is 0 Å². The van der Waals surface area contributed by atoms with E-state index in [1.807, 2.05) is 7.05 Å². The van der Waals surface area contributed by atoms with Gasteiger partial charge in [0.2, 0.25) is 0 Å². The summed E-state index contributed by atoms with van der Waals surface area (Å²) in [7, 11) is 1.83. The maximum atomic E-state index is 12.0. The Kier molecular flexibility index (Phi) is 4.27. The Morgan fingerprint density at radius 2 is 1.56 bits per heavy atom. The van der Waals surface area contributed by atoms with Gasteiger partial charge in [-0.2, -0.15) is 0 Å². The van der Waals surface area contributed by atoms with E-state index in [1.165, 1.54) is 12.1 Å². The van der Waals surface area contributed by atoms with Crippen molar-refractivity contribution in [3.63, 3.8) is 0 Å². The first-order valence-corrected chi connectivity index (χ1v) is 5.66. The Morgan fingerprint density at radius 1 is 1.06 bits per heavy atom. The molecule has 0 radical (unpaired) electrons. The Balaban J connectivity index is 2.88. The molecule has 5 heteroatoms. The molecule has 0 aliphatic carbocycles. The molecule has 1 atom stereocenters. The third-order valence-electron chi connectivity index (χ3n) is 2.60. The number of ether oxygens (including phenoxy) is 1. The number of nitrogens with one attached hydrogen (secondary N) is 1. The first kappa shape index (κ1) is 14.8. The van der Waals surface area contributed by atoms with Gasteiger partial charge in [0.15, 0.2) is 0 Å². The van der Waals surface area contributed by atoms with Gasteiger partial charge in [0.1, 0.15) is 5.75 Å². The molecule has 1 N–H and O–H groups in total. The van der Waals surface area contributed by atoms with Crippen LogP contribution in [0.5, 0.6) is 5.75 Å².